The van der Waals surface area contributed by atoms with Crippen molar-refractivity contribution in [2.24, 2.45) is 4.99 Å². The number of nitrogens with zero attached hydrogens (tertiary/aromatic N) is 1. The fraction of sp³-hybridized carbons (Fsp3) is 0.800. The van der Waals surface area contributed by atoms with Crippen LogP contribution in [-0.2, 0) is 9.53 Å². The molecule has 7 nitrogen and oxygen atoms in total. The van der Waals surface area contributed by atoms with Gasteiger partial charge in [0.2, 0.25) is 0 Å². The maximum atomic E-state index is 11.5. The highest BCUT2D eigenvalue weighted by Gasteiger charge is 2.50. The molecule has 18 heavy (non-hydrogen) atoms. The molecule has 0 spiro atoms. The van der Waals surface area contributed by atoms with Crippen LogP contribution < -0.4 is 10.6 Å². The molecule has 0 unspecified atom stereocenters. The van der Waals surface area contributed by atoms with E-state index in [1.807, 2.05) is 6.92 Å². The highest BCUT2D eigenvalue weighted by atomic mass is 32.2. The van der Waals surface area contributed by atoms with Crippen molar-refractivity contribution in [3.05, 3.63) is 0 Å². The lowest BCUT2D eigenvalue weighted by Gasteiger charge is -2.37. The van der Waals surface area contributed by atoms with Crippen molar-refractivity contribution in [2.75, 3.05) is 13.6 Å². The van der Waals surface area contributed by atoms with Gasteiger partial charge in [0.05, 0.1) is 0 Å². The number of rotatable bonds is 2. The fourth-order valence-corrected chi connectivity index (χ4v) is 3.12. The average molecular weight is 275 g/mol. The molecule has 0 aliphatic carbocycles. The number of ether oxygens (including phenoxy) is 1. The van der Waals surface area contributed by atoms with Gasteiger partial charge < -0.3 is 25.6 Å². The zero-order valence-electron chi connectivity index (χ0n) is 10.2. The predicted molar refractivity (Wildman–Crippen MR) is 67.2 cm³/mol. The van der Waals surface area contributed by atoms with E-state index in [2.05, 4.69) is 15.6 Å². The smallest absolute Gasteiger partial charge is 0.251 e. The van der Waals surface area contributed by atoms with E-state index in [9.17, 15) is 15.0 Å². The molecule has 8 heteroatoms. The predicted octanol–water partition coefficient (Wildman–Crippen LogP) is -1.74. The molecule has 102 valence electrons. The topological polar surface area (TPSA) is 103 Å². The van der Waals surface area contributed by atoms with Crippen LogP contribution in [0, 0.1) is 0 Å². The Bertz CT molecular complexity index is 365. The highest BCUT2D eigenvalue weighted by Crippen LogP contribution is 2.35. The van der Waals surface area contributed by atoms with E-state index in [-0.39, 0.29) is 0 Å². The molecule has 2 heterocycles. The van der Waals surface area contributed by atoms with E-state index in [0.717, 1.165) is 0 Å². The minimum Gasteiger partial charge on any atom is -0.388 e. The van der Waals surface area contributed by atoms with Crippen molar-refractivity contribution >= 4 is 22.8 Å². The van der Waals surface area contributed by atoms with Crippen LogP contribution in [0.2, 0.25) is 0 Å². The van der Waals surface area contributed by atoms with Gasteiger partial charge in [0.15, 0.2) is 11.3 Å². The third-order valence-electron chi connectivity index (χ3n) is 2.90. The Morgan fingerprint density at radius 1 is 1.50 bits per heavy atom. The Morgan fingerprint density at radius 2 is 2.22 bits per heavy atom. The van der Waals surface area contributed by atoms with Crippen molar-refractivity contribution < 1.29 is 19.7 Å². The minimum absolute atomic E-state index is 0.445. The van der Waals surface area contributed by atoms with Crippen molar-refractivity contribution in [3.63, 3.8) is 0 Å². The third-order valence-corrected chi connectivity index (χ3v) is 3.99. The SMILES string of the molecule is CCNC1=N[C@H]2[C@@H](O)[C@H](O)[C@@H](C(=O)NC)O[C@H]2S1. The maximum absolute atomic E-state index is 11.5. The monoisotopic (exact) mass is 275 g/mol. The number of aliphatic imine (C=N–C) groups is 1. The van der Waals surface area contributed by atoms with E-state index >= 15 is 0 Å². The Labute approximate surface area is 109 Å². The summed E-state index contributed by atoms with van der Waals surface area (Å²) in [6.07, 6.45) is -3.43. The van der Waals surface area contributed by atoms with Gasteiger partial charge in [-0.1, -0.05) is 11.8 Å². The van der Waals surface area contributed by atoms with Crippen LogP contribution in [0.3, 0.4) is 0 Å². The first-order chi connectivity index (χ1) is 8.58. The van der Waals surface area contributed by atoms with E-state index < -0.39 is 35.7 Å². The Hall–Kier alpha value is -0.830. The maximum Gasteiger partial charge on any atom is 0.251 e. The summed E-state index contributed by atoms with van der Waals surface area (Å²) in [6, 6.07) is -0.542. The van der Waals surface area contributed by atoms with Crippen molar-refractivity contribution in [1.29, 1.82) is 0 Å². The van der Waals surface area contributed by atoms with Gasteiger partial charge in [-0.05, 0) is 6.92 Å². The fourth-order valence-electron chi connectivity index (χ4n) is 1.96. The summed E-state index contributed by atoms with van der Waals surface area (Å²) >= 11 is 1.32. The molecular weight excluding hydrogens is 258 g/mol. The van der Waals surface area contributed by atoms with E-state index in [1.165, 1.54) is 18.8 Å². The average Bonchev–Trinajstić information content (AvgIpc) is 2.76. The zero-order chi connectivity index (χ0) is 13.3. The van der Waals surface area contributed by atoms with Gasteiger partial charge in [-0.25, -0.2) is 0 Å². The minimum atomic E-state index is -1.27. The number of aliphatic hydroxyl groups excluding tert-OH is 2. The Kier molecular flexibility index (Phi) is 4.10. The number of likely N-dealkylation sites (N-methyl/N-ethyl adjacent to an activating group) is 1. The van der Waals surface area contributed by atoms with Crippen LogP contribution in [0.1, 0.15) is 6.92 Å². The summed E-state index contributed by atoms with van der Waals surface area (Å²) in [6.45, 7) is 2.65. The van der Waals surface area contributed by atoms with Crippen molar-refractivity contribution in [3.8, 4) is 0 Å². The lowest BCUT2D eigenvalue weighted by atomic mass is 9.98. The van der Waals surface area contributed by atoms with Gasteiger partial charge >= 0.3 is 0 Å². The number of thioether (sulfide) groups is 1. The van der Waals surface area contributed by atoms with Crippen molar-refractivity contribution in [2.45, 2.75) is 36.7 Å². The van der Waals surface area contributed by atoms with Crippen LogP contribution in [0.4, 0.5) is 0 Å². The molecule has 2 aliphatic heterocycles. The number of aliphatic hydroxyl groups is 2. The molecule has 4 N–H and O–H groups in total. The summed E-state index contributed by atoms with van der Waals surface area (Å²) in [7, 11) is 1.46. The highest BCUT2D eigenvalue weighted by molar-refractivity contribution is 8.14. The van der Waals surface area contributed by atoms with E-state index in [1.54, 1.807) is 0 Å². The van der Waals surface area contributed by atoms with Crippen LogP contribution in [0.15, 0.2) is 4.99 Å². The largest absolute Gasteiger partial charge is 0.388 e. The molecule has 0 aromatic heterocycles. The third kappa shape index (κ3) is 2.33. The summed E-state index contributed by atoms with van der Waals surface area (Å²) < 4.78 is 5.51. The van der Waals surface area contributed by atoms with Crippen molar-refractivity contribution in [1.82, 2.24) is 10.6 Å². The van der Waals surface area contributed by atoms with Crippen LogP contribution in [0.25, 0.3) is 0 Å². The standard InChI is InChI=1S/C10H17N3O4S/c1-3-12-10-13-4-5(14)6(15)7(8(16)11-2)17-9(4)18-10/h4-7,9,14-15H,3H2,1-2H3,(H,11,16)(H,12,13)/t4-,5+,6-,7-,9-/m0/s1. The summed E-state index contributed by atoms with van der Waals surface area (Å²) in [5, 5.41) is 26.0. The van der Waals surface area contributed by atoms with Crippen LogP contribution >= 0.6 is 11.8 Å². The van der Waals surface area contributed by atoms with Gasteiger partial charge in [0.25, 0.3) is 5.91 Å². The first-order valence-corrected chi connectivity index (χ1v) is 6.68. The summed E-state index contributed by atoms with van der Waals surface area (Å²) in [5.41, 5.74) is -0.445. The number of hydrogen-bond acceptors (Lipinski definition) is 7. The number of nitrogens with one attached hydrogen (secondary N) is 2. The second-order valence-electron chi connectivity index (χ2n) is 4.09. The molecule has 0 aromatic carbocycles. The lowest BCUT2D eigenvalue weighted by molar-refractivity contribution is -0.170. The Morgan fingerprint density at radius 3 is 2.83 bits per heavy atom. The molecular formula is C10H17N3O4S. The quantitative estimate of drug-likeness (QED) is 0.477. The molecule has 0 radical (unpaired) electrons. The Balaban J connectivity index is 2.11. The molecule has 2 aliphatic rings. The molecule has 5 atom stereocenters. The van der Waals surface area contributed by atoms with Crippen LogP contribution in [0.5, 0.6) is 0 Å². The first-order valence-electron chi connectivity index (χ1n) is 5.80. The molecule has 2 rings (SSSR count). The lowest BCUT2D eigenvalue weighted by Crippen LogP contribution is -2.59. The second kappa shape index (κ2) is 5.43. The number of hydrogen-bond donors (Lipinski definition) is 4. The first kappa shape index (κ1) is 13.6. The number of carbonyl (C=O) groups excluding carboxylic acids is 1. The van der Waals surface area contributed by atoms with Gasteiger partial charge in [0, 0.05) is 13.6 Å². The molecule has 1 amide bonds. The van der Waals surface area contributed by atoms with Gasteiger partial charge in [-0.2, -0.15) is 0 Å². The molecule has 0 bridgehead atoms. The van der Waals surface area contributed by atoms with Crippen LogP contribution in [-0.4, -0.2) is 64.7 Å². The normalized spacial score (nSPS) is 38.9. The molecule has 1 saturated heterocycles. The number of fused-ring (bicyclic) bond motifs is 1. The molecule has 1 fully saturated rings. The number of carbonyl (C=O) groups is 1. The molecule has 0 aromatic rings. The zero-order valence-corrected chi connectivity index (χ0v) is 11.0. The summed E-state index contributed by atoms with van der Waals surface area (Å²) in [5.74, 6) is -0.447. The van der Waals surface area contributed by atoms with Gasteiger partial charge in [0.1, 0.15) is 23.7 Å². The van der Waals surface area contributed by atoms with E-state index in [0.29, 0.717) is 11.7 Å². The molecule has 0 saturated carbocycles. The van der Waals surface area contributed by atoms with Gasteiger partial charge in [-0.15, -0.1) is 0 Å². The number of amidine groups is 1. The summed E-state index contributed by atoms with van der Waals surface area (Å²) in [4.78, 5) is 15.8. The second-order valence-corrected chi connectivity index (χ2v) is 5.18. The van der Waals surface area contributed by atoms with Gasteiger partial charge in [-0.3, -0.25) is 9.79 Å². The number of amides is 1. The van der Waals surface area contributed by atoms with E-state index in [4.69, 9.17) is 4.74 Å².